The zero-order valence-electron chi connectivity index (χ0n) is 9.91. The third kappa shape index (κ3) is 3.79. The topological polar surface area (TPSA) is 69.4 Å². The molecule has 0 saturated heterocycles. The van der Waals surface area contributed by atoms with Crippen molar-refractivity contribution in [3.05, 3.63) is 58.6 Å². The summed E-state index contributed by atoms with van der Waals surface area (Å²) in [6.07, 6.45) is 0. The number of nitrogens with two attached hydrogens (primary N) is 1. The molecule has 0 saturated carbocycles. The van der Waals surface area contributed by atoms with E-state index in [0.717, 1.165) is 5.56 Å². The maximum atomic E-state index is 11.2. The summed E-state index contributed by atoms with van der Waals surface area (Å²) >= 11 is 3.27. The predicted octanol–water partition coefficient (Wildman–Crippen LogP) is 2.68. The molecule has 0 aromatic heterocycles. The van der Waals surface area contributed by atoms with E-state index < -0.39 is 10.0 Å². The molecule has 100 valence electrons. The van der Waals surface area contributed by atoms with Crippen LogP contribution in [0.1, 0.15) is 5.56 Å². The molecular weight excluding hydrogens is 330 g/mol. The summed E-state index contributed by atoms with van der Waals surface area (Å²) in [4.78, 5) is 0.0476. The van der Waals surface area contributed by atoms with Crippen LogP contribution in [0.15, 0.2) is 57.9 Å². The van der Waals surface area contributed by atoms with Gasteiger partial charge in [0, 0.05) is 0 Å². The highest BCUT2D eigenvalue weighted by Crippen LogP contribution is 2.28. The summed E-state index contributed by atoms with van der Waals surface area (Å²) in [6, 6.07) is 14.1. The fourth-order valence-electron chi connectivity index (χ4n) is 1.51. The summed E-state index contributed by atoms with van der Waals surface area (Å²) in [5, 5.41) is 5.05. The van der Waals surface area contributed by atoms with Gasteiger partial charge in [0.1, 0.15) is 12.4 Å². The minimum atomic E-state index is -3.69. The van der Waals surface area contributed by atoms with E-state index in [-0.39, 0.29) is 4.90 Å². The van der Waals surface area contributed by atoms with Crippen LogP contribution in [0.25, 0.3) is 0 Å². The number of primary sulfonamides is 1. The van der Waals surface area contributed by atoms with Crippen molar-refractivity contribution in [3.8, 4) is 5.75 Å². The van der Waals surface area contributed by atoms with Crippen molar-refractivity contribution in [3.63, 3.8) is 0 Å². The largest absolute Gasteiger partial charge is 0.488 e. The van der Waals surface area contributed by atoms with Crippen molar-refractivity contribution in [2.45, 2.75) is 11.5 Å². The molecule has 0 atom stereocenters. The third-order valence-electron chi connectivity index (χ3n) is 2.47. The lowest BCUT2D eigenvalue weighted by molar-refractivity contribution is 0.304. The molecule has 2 N–H and O–H groups in total. The number of benzene rings is 2. The predicted molar refractivity (Wildman–Crippen MR) is 76.3 cm³/mol. The van der Waals surface area contributed by atoms with Gasteiger partial charge in [-0.15, -0.1) is 0 Å². The van der Waals surface area contributed by atoms with E-state index >= 15 is 0 Å². The van der Waals surface area contributed by atoms with Gasteiger partial charge in [0.25, 0.3) is 0 Å². The molecule has 0 aliphatic rings. The lowest BCUT2D eigenvalue weighted by atomic mass is 10.2. The van der Waals surface area contributed by atoms with Gasteiger partial charge in [-0.25, -0.2) is 13.6 Å². The lowest BCUT2D eigenvalue weighted by Gasteiger charge is -2.09. The molecule has 0 amide bonds. The number of hydrogen-bond acceptors (Lipinski definition) is 3. The van der Waals surface area contributed by atoms with Gasteiger partial charge < -0.3 is 4.74 Å². The number of sulfonamides is 1. The Morgan fingerprint density at radius 2 is 1.79 bits per heavy atom. The third-order valence-corrected chi connectivity index (χ3v) is 4.00. The van der Waals surface area contributed by atoms with E-state index in [1.54, 1.807) is 6.07 Å². The van der Waals surface area contributed by atoms with Crippen LogP contribution >= 0.6 is 15.9 Å². The first-order valence-electron chi connectivity index (χ1n) is 5.46. The fourth-order valence-corrected chi connectivity index (χ4v) is 2.70. The normalized spacial score (nSPS) is 11.3. The molecule has 2 rings (SSSR count). The van der Waals surface area contributed by atoms with E-state index in [1.165, 1.54) is 12.1 Å². The second kappa shape index (κ2) is 5.73. The number of ether oxygens (including phenoxy) is 1. The van der Waals surface area contributed by atoms with Gasteiger partial charge >= 0.3 is 0 Å². The summed E-state index contributed by atoms with van der Waals surface area (Å²) in [5.74, 6) is 0.566. The smallest absolute Gasteiger partial charge is 0.238 e. The first-order valence-corrected chi connectivity index (χ1v) is 7.80. The molecule has 0 radical (unpaired) electrons. The van der Waals surface area contributed by atoms with E-state index in [2.05, 4.69) is 15.9 Å². The minimum Gasteiger partial charge on any atom is -0.488 e. The molecule has 6 heteroatoms. The van der Waals surface area contributed by atoms with Crippen molar-refractivity contribution in [2.75, 3.05) is 0 Å². The van der Waals surface area contributed by atoms with Gasteiger partial charge in [-0.1, -0.05) is 30.3 Å². The highest BCUT2D eigenvalue weighted by molar-refractivity contribution is 9.10. The second-order valence-electron chi connectivity index (χ2n) is 3.91. The van der Waals surface area contributed by atoms with Crippen LogP contribution < -0.4 is 9.88 Å². The Kier molecular flexibility index (Phi) is 4.24. The zero-order valence-corrected chi connectivity index (χ0v) is 12.3. The van der Waals surface area contributed by atoms with Crippen LogP contribution in [0.3, 0.4) is 0 Å². The quantitative estimate of drug-likeness (QED) is 0.929. The van der Waals surface area contributed by atoms with E-state index in [4.69, 9.17) is 9.88 Å². The SMILES string of the molecule is NS(=O)(=O)c1ccc(OCc2ccccc2)c(Br)c1. The molecule has 0 fully saturated rings. The molecule has 0 aliphatic carbocycles. The second-order valence-corrected chi connectivity index (χ2v) is 6.33. The maximum Gasteiger partial charge on any atom is 0.238 e. The van der Waals surface area contributed by atoms with Crippen molar-refractivity contribution < 1.29 is 13.2 Å². The number of rotatable bonds is 4. The van der Waals surface area contributed by atoms with Crippen molar-refractivity contribution in [2.24, 2.45) is 5.14 Å². The van der Waals surface area contributed by atoms with Crippen molar-refractivity contribution in [1.29, 1.82) is 0 Å². The Morgan fingerprint density at radius 3 is 2.37 bits per heavy atom. The fraction of sp³-hybridized carbons (Fsp3) is 0.0769. The molecule has 2 aromatic rings. The summed E-state index contributed by atoms with van der Waals surface area (Å²) < 4.78 is 28.5. The van der Waals surface area contributed by atoms with Gasteiger partial charge in [0.05, 0.1) is 9.37 Å². The van der Waals surface area contributed by atoms with Crippen LogP contribution in [0.5, 0.6) is 5.75 Å². The average molecular weight is 342 g/mol. The Bertz CT molecular complexity index is 672. The number of hydrogen-bond donors (Lipinski definition) is 1. The van der Waals surface area contributed by atoms with Crippen LogP contribution in [0.2, 0.25) is 0 Å². The van der Waals surface area contributed by atoms with Crippen LogP contribution in [-0.2, 0) is 16.6 Å². The highest BCUT2D eigenvalue weighted by atomic mass is 79.9. The summed E-state index contributed by atoms with van der Waals surface area (Å²) in [7, 11) is -3.69. The Balaban J connectivity index is 2.14. The first-order chi connectivity index (χ1) is 8.97. The minimum absolute atomic E-state index is 0.0476. The molecule has 4 nitrogen and oxygen atoms in total. The van der Waals surface area contributed by atoms with E-state index in [0.29, 0.717) is 16.8 Å². The lowest BCUT2D eigenvalue weighted by Crippen LogP contribution is -2.12. The molecule has 0 bridgehead atoms. The zero-order chi connectivity index (χ0) is 13.9. The average Bonchev–Trinajstić information content (AvgIpc) is 2.37. The summed E-state index contributed by atoms with van der Waals surface area (Å²) in [5.41, 5.74) is 1.03. The summed E-state index contributed by atoms with van der Waals surface area (Å²) in [6.45, 7) is 0.411. The van der Waals surface area contributed by atoms with Gasteiger partial charge in [-0.2, -0.15) is 0 Å². The Hall–Kier alpha value is -1.37. The number of halogens is 1. The van der Waals surface area contributed by atoms with Gasteiger partial charge in [-0.3, -0.25) is 0 Å². The Morgan fingerprint density at radius 1 is 1.11 bits per heavy atom. The monoisotopic (exact) mass is 341 g/mol. The van der Waals surface area contributed by atoms with Crippen LogP contribution in [-0.4, -0.2) is 8.42 Å². The van der Waals surface area contributed by atoms with Gasteiger partial charge in [0.15, 0.2) is 0 Å². The standard InChI is InChI=1S/C13H12BrNO3S/c14-12-8-11(19(15,16)17)6-7-13(12)18-9-10-4-2-1-3-5-10/h1-8H,9H2,(H2,15,16,17). The maximum absolute atomic E-state index is 11.2. The van der Waals surface area contributed by atoms with Gasteiger partial charge in [-0.05, 0) is 39.7 Å². The van der Waals surface area contributed by atoms with Crippen LogP contribution in [0.4, 0.5) is 0 Å². The molecule has 19 heavy (non-hydrogen) atoms. The molecule has 0 spiro atoms. The molecule has 0 unspecified atom stereocenters. The molecule has 0 heterocycles. The Labute approximate surface area is 120 Å². The van der Waals surface area contributed by atoms with Crippen molar-refractivity contribution >= 4 is 26.0 Å². The molecular formula is C13H12BrNO3S. The molecule has 0 aliphatic heterocycles. The van der Waals surface area contributed by atoms with Crippen LogP contribution in [0, 0.1) is 0 Å². The van der Waals surface area contributed by atoms with Crippen molar-refractivity contribution in [1.82, 2.24) is 0 Å². The van der Waals surface area contributed by atoms with Gasteiger partial charge in [0.2, 0.25) is 10.0 Å². The van der Waals surface area contributed by atoms with E-state index in [9.17, 15) is 8.42 Å². The molecule has 2 aromatic carbocycles. The highest BCUT2D eigenvalue weighted by Gasteiger charge is 2.10. The van der Waals surface area contributed by atoms with E-state index in [1.807, 2.05) is 30.3 Å². The first kappa shape index (κ1) is 14.0.